The van der Waals surface area contributed by atoms with Crippen LogP contribution in [0.5, 0.6) is 5.75 Å². The van der Waals surface area contributed by atoms with E-state index in [-0.39, 0.29) is 5.91 Å². The molecule has 0 unspecified atom stereocenters. The molecule has 0 atom stereocenters. The van der Waals surface area contributed by atoms with Crippen molar-refractivity contribution in [3.05, 3.63) is 71.7 Å². The molecule has 5 rings (SSSR count). The van der Waals surface area contributed by atoms with Gasteiger partial charge < -0.3 is 14.5 Å². The minimum absolute atomic E-state index is 0.0183. The molecule has 0 bridgehead atoms. The number of anilines is 1. The highest BCUT2D eigenvalue weighted by Crippen LogP contribution is 2.27. The third kappa shape index (κ3) is 4.00. The quantitative estimate of drug-likeness (QED) is 0.482. The maximum atomic E-state index is 13.0. The Labute approximate surface area is 192 Å². The molecule has 1 amide bonds. The number of rotatable bonds is 4. The number of piperazine rings is 1. The van der Waals surface area contributed by atoms with Gasteiger partial charge in [0, 0.05) is 31.7 Å². The molecular formula is C25H26N6O2. The van der Waals surface area contributed by atoms with Crippen molar-refractivity contribution in [3.8, 4) is 11.4 Å². The number of methoxy groups -OCH3 is 1. The Morgan fingerprint density at radius 2 is 1.73 bits per heavy atom. The van der Waals surface area contributed by atoms with Crippen molar-refractivity contribution < 1.29 is 9.53 Å². The first-order valence-electron chi connectivity index (χ1n) is 11.0. The van der Waals surface area contributed by atoms with Gasteiger partial charge in [-0.15, -0.1) is 0 Å². The fourth-order valence-electron chi connectivity index (χ4n) is 4.18. The third-order valence-corrected chi connectivity index (χ3v) is 5.98. The van der Waals surface area contributed by atoms with Gasteiger partial charge in [-0.3, -0.25) is 4.79 Å². The van der Waals surface area contributed by atoms with Crippen LogP contribution in [0.4, 0.5) is 5.82 Å². The number of benzene rings is 2. The summed E-state index contributed by atoms with van der Waals surface area (Å²) >= 11 is 0. The van der Waals surface area contributed by atoms with Gasteiger partial charge in [-0.25, -0.2) is 14.6 Å². The molecule has 0 saturated carbocycles. The molecule has 33 heavy (non-hydrogen) atoms. The van der Waals surface area contributed by atoms with E-state index in [0.29, 0.717) is 43.3 Å². The lowest BCUT2D eigenvalue weighted by Gasteiger charge is -2.35. The molecule has 8 heteroatoms. The molecule has 3 heterocycles. The van der Waals surface area contributed by atoms with Crippen LogP contribution in [-0.2, 0) is 0 Å². The highest BCUT2D eigenvalue weighted by atomic mass is 16.5. The first kappa shape index (κ1) is 20.9. The Morgan fingerprint density at radius 1 is 0.970 bits per heavy atom. The Kier molecular flexibility index (Phi) is 5.42. The summed E-state index contributed by atoms with van der Waals surface area (Å²) in [6.45, 7) is 6.58. The molecule has 1 aliphatic heterocycles. The maximum absolute atomic E-state index is 13.0. The van der Waals surface area contributed by atoms with Crippen LogP contribution in [0.25, 0.3) is 16.7 Å². The second kappa shape index (κ2) is 8.54. The molecule has 0 radical (unpaired) electrons. The van der Waals surface area contributed by atoms with E-state index in [0.717, 1.165) is 22.5 Å². The van der Waals surface area contributed by atoms with Gasteiger partial charge in [0.15, 0.2) is 5.65 Å². The van der Waals surface area contributed by atoms with Crippen molar-refractivity contribution >= 4 is 22.8 Å². The predicted octanol–water partition coefficient (Wildman–Crippen LogP) is 3.40. The molecular weight excluding hydrogens is 416 g/mol. The molecule has 168 valence electrons. The van der Waals surface area contributed by atoms with E-state index >= 15 is 0 Å². The van der Waals surface area contributed by atoms with E-state index < -0.39 is 0 Å². The zero-order chi connectivity index (χ0) is 22.9. The Balaban J connectivity index is 1.38. The fourth-order valence-corrected chi connectivity index (χ4v) is 4.18. The van der Waals surface area contributed by atoms with E-state index in [9.17, 15) is 4.79 Å². The Hall–Kier alpha value is -3.94. The van der Waals surface area contributed by atoms with E-state index in [1.807, 2.05) is 53.0 Å². The van der Waals surface area contributed by atoms with E-state index in [1.54, 1.807) is 13.2 Å². The monoisotopic (exact) mass is 442 g/mol. The van der Waals surface area contributed by atoms with Crippen LogP contribution in [0, 0.1) is 13.8 Å². The summed E-state index contributed by atoms with van der Waals surface area (Å²) in [6.07, 6.45) is 1.83. The zero-order valence-corrected chi connectivity index (χ0v) is 19.0. The Bertz CT molecular complexity index is 1310. The smallest absolute Gasteiger partial charge is 0.254 e. The van der Waals surface area contributed by atoms with Crippen LogP contribution in [0.3, 0.4) is 0 Å². The molecule has 1 aliphatic rings. The topological polar surface area (TPSA) is 76.4 Å². The lowest BCUT2D eigenvalue weighted by molar-refractivity contribution is 0.0746. The molecule has 8 nitrogen and oxygen atoms in total. The van der Waals surface area contributed by atoms with Crippen LogP contribution >= 0.6 is 0 Å². The second-order valence-electron chi connectivity index (χ2n) is 8.23. The predicted molar refractivity (Wildman–Crippen MR) is 127 cm³/mol. The van der Waals surface area contributed by atoms with Crippen molar-refractivity contribution in [2.75, 3.05) is 38.2 Å². The highest BCUT2D eigenvalue weighted by Gasteiger charge is 2.25. The first-order chi connectivity index (χ1) is 16.0. The number of hydrogen-bond donors (Lipinski definition) is 0. The van der Waals surface area contributed by atoms with E-state index in [4.69, 9.17) is 9.72 Å². The van der Waals surface area contributed by atoms with Crippen LogP contribution in [0.15, 0.2) is 54.7 Å². The van der Waals surface area contributed by atoms with Crippen LogP contribution in [-0.4, -0.2) is 63.8 Å². The van der Waals surface area contributed by atoms with Crippen molar-refractivity contribution in [1.82, 2.24) is 24.6 Å². The SMILES string of the molecule is COc1cccc(C(=O)N2CCN(c3nc(C)nc4c3cnn4-c3ccc(C)cc3)CC2)c1. The van der Waals surface area contributed by atoms with Crippen molar-refractivity contribution in [2.45, 2.75) is 13.8 Å². The van der Waals surface area contributed by atoms with Gasteiger partial charge in [-0.2, -0.15) is 5.10 Å². The Morgan fingerprint density at radius 3 is 2.45 bits per heavy atom. The maximum Gasteiger partial charge on any atom is 0.254 e. The van der Waals surface area contributed by atoms with Gasteiger partial charge in [-0.1, -0.05) is 23.8 Å². The zero-order valence-electron chi connectivity index (χ0n) is 19.0. The van der Waals surface area contributed by atoms with Gasteiger partial charge in [0.1, 0.15) is 17.4 Å². The van der Waals surface area contributed by atoms with E-state index in [2.05, 4.69) is 34.0 Å². The van der Waals surface area contributed by atoms with Gasteiger partial charge in [0.2, 0.25) is 0 Å². The highest BCUT2D eigenvalue weighted by molar-refractivity contribution is 5.95. The number of ether oxygens (including phenoxy) is 1. The van der Waals surface area contributed by atoms with Crippen LogP contribution in [0.1, 0.15) is 21.7 Å². The molecule has 1 saturated heterocycles. The summed E-state index contributed by atoms with van der Waals surface area (Å²) in [7, 11) is 1.60. The number of carbonyl (C=O) groups excluding carboxylic acids is 1. The lowest BCUT2D eigenvalue weighted by atomic mass is 10.1. The van der Waals surface area contributed by atoms with Gasteiger partial charge in [0.25, 0.3) is 5.91 Å². The van der Waals surface area contributed by atoms with Crippen LogP contribution in [0.2, 0.25) is 0 Å². The average Bonchev–Trinajstić information content (AvgIpc) is 3.27. The van der Waals surface area contributed by atoms with Gasteiger partial charge in [0.05, 0.1) is 24.4 Å². The number of nitrogens with zero attached hydrogens (tertiary/aromatic N) is 6. The molecule has 1 fully saturated rings. The second-order valence-corrected chi connectivity index (χ2v) is 8.23. The summed E-state index contributed by atoms with van der Waals surface area (Å²) in [5.74, 6) is 2.26. The summed E-state index contributed by atoms with van der Waals surface area (Å²) in [6, 6.07) is 15.5. The van der Waals surface area contributed by atoms with Crippen molar-refractivity contribution in [3.63, 3.8) is 0 Å². The van der Waals surface area contributed by atoms with Gasteiger partial charge in [-0.05, 0) is 44.2 Å². The largest absolute Gasteiger partial charge is 0.497 e. The third-order valence-electron chi connectivity index (χ3n) is 5.98. The lowest BCUT2D eigenvalue weighted by Crippen LogP contribution is -2.49. The molecule has 4 aromatic rings. The number of carbonyl (C=O) groups is 1. The van der Waals surface area contributed by atoms with Crippen molar-refractivity contribution in [1.29, 1.82) is 0 Å². The summed E-state index contributed by atoms with van der Waals surface area (Å²) < 4.78 is 7.11. The standard InChI is InChI=1S/C25H26N6O2/c1-17-7-9-20(10-8-17)31-24-22(16-26-31)23(27-18(2)28-24)29-11-13-30(14-12-29)25(32)19-5-4-6-21(15-19)33-3/h4-10,15-16H,11-14H2,1-3H3. The van der Waals surface area contributed by atoms with Crippen LogP contribution < -0.4 is 9.64 Å². The van der Waals surface area contributed by atoms with E-state index in [1.165, 1.54) is 5.56 Å². The number of aromatic nitrogens is 4. The minimum Gasteiger partial charge on any atom is -0.497 e. The summed E-state index contributed by atoms with van der Waals surface area (Å²) in [4.78, 5) is 26.5. The molecule has 2 aromatic heterocycles. The molecule has 0 spiro atoms. The molecule has 0 N–H and O–H groups in total. The first-order valence-corrected chi connectivity index (χ1v) is 11.0. The summed E-state index contributed by atoms with van der Waals surface area (Å²) in [5, 5.41) is 5.51. The van der Waals surface area contributed by atoms with Crippen molar-refractivity contribution in [2.24, 2.45) is 0 Å². The normalized spacial score (nSPS) is 14.0. The number of amides is 1. The fraction of sp³-hybridized carbons (Fsp3) is 0.280. The summed E-state index contributed by atoms with van der Waals surface area (Å²) in [5.41, 5.74) is 3.59. The molecule has 2 aromatic carbocycles. The minimum atomic E-state index is 0.0183. The average molecular weight is 443 g/mol. The number of hydrogen-bond acceptors (Lipinski definition) is 6. The van der Waals surface area contributed by atoms with Gasteiger partial charge >= 0.3 is 0 Å². The molecule has 0 aliphatic carbocycles. The number of fused-ring (bicyclic) bond motifs is 1. The number of aryl methyl sites for hydroxylation is 2.